The van der Waals surface area contributed by atoms with E-state index in [9.17, 15) is 9.59 Å². The van der Waals surface area contributed by atoms with Gasteiger partial charge in [-0.2, -0.15) is 4.99 Å². The van der Waals surface area contributed by atoms with Crippen molar-refractivity contribution in [2.75, 3.05) is 7.05 Å². The Morgan fingerprint density at radius 2 is 1.84 bits per heavy atom. The standard InChI is InChI=1S/C19H26N4O2/c1-18(2)7-12(8-19(3,4)10-18)23(5)17(25)14-6-13-15(9-20-14)21-11-22-16(13)24/h6,9,11-12,14H,7-8,10H2,1-5H3. The fourth-order valence-corrected chi connectivity index (χ4v) is 4.59. The van der Waals surface area contributed by atoms with Crippen LogP contribution >= 0.6 is 0 Å². The summed E-state index contributed by atoms with van der Waals surface area (Å²) >= 11 is 0. The number of hydrogen-bond acceptors (Lipinski definition) is 4. The third-order valence-corrected chi connectivity index (χ3v) is 5.24. The lowest BCUT2D eigenvalue weighted by atomic mass is 9.63. The molecular weight excluding hydrogens is 316 g/mol. The maximum absolute atomic E-state index is 13.0. The lowest BCUT2D eigenvalue weighted by Crippen LogP contribution is -2.49. The van der Waals surface area contributed by atoms with Gasteiger partial charge < -0.3 is 4.90 Å². The van der Waals surface area contributed by atoms with E-state index in [2.05, 4.69) is 42.7 Å². The van der Waals surface area contributed by atoms with Gasteiger partial charge in [0.05, 0.1) is 11.3 Å². The largest absolute Gasteiger partial charge is 0.341 e. The maximum Gasteiger partial charge on any atom is 0.280 e. The molecule has 2 amide bonds. The highest BCUT2D eigenvalue weighted by molar-refractivity contribution is 6.48. The highest BCUT2D eigenvalue weighted by Gasteiger charge is 2.41. The van der Waals surface area contributed by atoms with Gasteiger partial charge >= 0.3 is 0 Å². The quantitative estimate of drug-likeness (QED) is 0.773. The van der Waals surface area contributed by atoms with Crippen molar-refractivity contribution in [1.82, 2.24) is 4.90 Å². The molecule has 25 heavy (non-hydrogen) atoms. The van der Waals surface area contributed by atoms with Crippen molar-refractivity contribution >= 4 is 30.1 Å². The van der Waals surface area contributed by atoms with E-state index >= 15 is 0 Å². The fraction of sp³-hybridized carbons (Fsp3) is 0.632. The van der Waals surface area contributed by atoms with Crippen LogP contribution in [0.1, 0.15) is 47.0 Å². The second kappa shape index (κ2) is 6.00. The van der Waals surface area contributed by atoms with Crippen LogP contribution < -0.4 is 0 Å². The number of rotatable bonds is 2. The van der Waals surface area contributed by atoms with E-state index in [0.717, 1.165) is 19.3 Å². The smallest absolute Gasteiger partial charge is 0.280 e. The van der Waals surface area contributed by atoms with Crippen LogP contribution in [0, 0.1) is 10.8 Å². The number of likely N-dealkylation sites (N-methyl/N-ethyl adjacent to an activating group) is 1. The van der Waals surface area contributed by atoms with Gasteiger partial charge in [-0.25, -0.2) is 4.99 Å². The van der Waals surface area contributed by atoms with Crippen LogP contribution in [0.4, 0.5) is 0 Å². The van der Waals surface area contributed by atoms with Crippen LogP contribution in [0.5, 0.6) is 0 Å². The highest BCUT2D eigenvalue weighted by atomic mass is 16.2. The molecule has 3 rings (SSSR count). The molecule has 1 unspecified atom stereocenters. The molecule has 1 fully saturated rings. The second-order valence-corrected chi connectivity index (χ2v) is 8.88. The van der Waals surface area contributed by atoms with Gasteiger partial charge in [0.1, 0.15) is 12.4 Å². The molecule has 6 heteroatoms. The van der Waals surface area contributed by atoms with E-state index in [1.54, 1.807) is 6.08 Å². The molecule has 134 valence electrons. The van der Waals surface area contributed by atoms with Crippen LogP contribution in [-0.2, 0) is 9.59 Å². The normalized spacial score (nSPS) is 27.4. The van der Waals surface area contributed by atoms with Crippen LogP contribution in [0.15, 0.2) is 26.6 Å². The van der Waals surface area contributed by atoms with E-state index in [-0.39, 0.29) is 28.7 Å². The molecule has 1 saturated carbocycles. The molecule has 0 saturated heterocycles. The molecule has 0 aromatic rings. The minimum absolute atomic E-state index is 0.0800. The van der Waals surface area contributed by atoms with E-state index in [1.807, 2.05) is 11.9 Å². The summed E-state index contributed by atoms with van der Waals surface area (Å²) in [5, 5.41) is 0. The minimum atomic E-state index is -0.677. The summed E-state index contributed by atoms with van der Waals surface area (Å²) in [7, 11) is 1.85. The van der Waals surface area contributed by atoms with Gasteiger partial charge in [-0.3, -0.25) is 14.6 Å². The molecule has 2 heterocycles. The predicted molar refractivity (Wildman–Crippen MR) is 99.3 cm³/mol. The Bertz CT molecular complexity index is 712. The van der Waals surface area contributed by atoms with E-state index in [0.29, 0.717) is 11.3 Å². The topological polar surface area (TPSA) is 74.5 Å². The van der Waals surface area contributed by atoms with Gasteiger partial charge in [0.2, 0.25) is 0 Å². The Kier molecular flexibility index (Phi) is 4.25. The van der Waals surface area contributed by atoms with Gasteiger partial charge in [-0.1, -0.05) is 27.7 Å². The first-order chi connectivity index (χ1) is 11.6. The predicted octanol–water partition coefficient (Wildman–Crippen LogP) is 2.44. The Morgan fingerprint density at radius 1 is 1.20 bits per heavy atom. The second-order valence-electron chi connectivity index (χ2n) is 8.88. The Labute approximate surface area is 148 Å². The summed E-state index contributed by atoms with van der Waals surface area (Å²) in [5.74, 6) is -0.444. The van der Waals surface area contributed by atoms with Gasteiger partial charge in [-0.05, 0) is 36.2 Å². The first-order valence-electron chi connectivity index (χ1n) is 8.75. The molecule has 0 N–H and O–H groups in total. The molecule has 0 spiro atoms. The Hall–Kier alpha value is -2.11. The summed E-state index contributed by atoms with van der Waals surface area (Å²) in [5.41, 5.74) is 1.24. The Balaban J connectivity index is 1.78. The monoisotopic (exact) mass is 342 g/mol. The fourth-order valence-electron chi connectivity index (χ4n) is 4.59. The number of nitrogens with zero attached hydrogens (tertiary/aromatic N) is 4. The molecule has 6 nitrogen and oxygen atoms in total. The lowest BCUT2D eigenvalue weighted by Gasteiger charge is -2.48. The maximum atomic E-state index is 13.0. The van der Waals surface area contributed by atoms with Crippen molar-refractivity contribution < 1.29 is 9.59 Å². The first kappa shape index (κ1) is 17.7. The van der Waals surface area contributed by atoms with Crippen molar-refractivity contribution in [3.63, 3.8) is 0 Å². The van der Waals surface area contributed by atoms with Crippen molar-refractivity contribution in [2.24, 2.45) is 25.8 Å². The van der Waals surface area contributed by atoms with Gasteiger partial charge in [0, 0.05) is 19.3 Å². The summed E-state index contributed by atoms with van der Waals surface area (Å²) in [6.45, 7) is 9.06. The number of dihydropyridines is 1. The molecule has 0 radical (unpaired) electrons. The number of hydrogen-bond donors (Lipinski definition) is 0. The van der Waals surface area contributed by atoms with Crippen molar-refractivity contribution in [3.8, 4) is 0 Å². The number of carbonyl (C=O) groups is 2. The molecule has 0 bridgehead atoms. The minimum Gasteiger partial charge on any atom is -0.341 e. The number of carbonyl (C=O) groups excluding carboxylic acids is 2. The van der Waals surface area contributed by atoms with E-state index < -0.39 is 6.04 Å². The average molecular weight is 342 g/mol. The highest BCUT2D eigenvalue weighted by Crippen LogP contribution is 2.47. The molecule has 0 aromatic heterocycles. The number of amides is 2. The van der Waals surface area contributed by atoms with Gasteiger partial charge in [0.25, 0.3) is 11.8 Å². The summed E-state index contributed by atoms with van der Waals surface area (Å²) in [6.07, 6.45) is 7.42. The molecule has 1 atom stereocenters. The zero-order chi connectivity index (χ0) is 18.4. The third kappa shape index (κ3) is 3.62. The van der Waals surface area contributed by atoms with E-state index in [4.69, 9.17) is 0 Å². The average Bonchev–Trinajstić information content (AvgIpc) is 2.50. The third-order valence-electron chi connectivity index (χ3n) is 5.24. The molecule has 3 aliphatic rings. The summed E-state index contributed by atoms with van der Waals surface area (Å²) in [6, 6.07) is -0.501. The van der Waals surface area contributed by atoms with Crippen LogP contribution in [0.2, 0.25) is 0 Å². The Morgan fingerprint density at radius 3 is 2.48 bits per heavy atom. The molecule has 1 aliphatic carbocycles. The van der Waals surface area contributed by atoms with Crippen LogP contribution in [0.3, 0.4) is 0 Å². The molecular formula is C19H26N4O2. The summed E-state index contributed by atoms with van der Waals surface area (Å²) in [4.78, 5) is 38.7. The van der Waals surface area contributed by atoms with Crippen molar-refractivity contribution in [2.45, 2.75) is 59.0 Å². The molecule has 2 aliphatic heterocycles. The van der Waals surface area contributed by atoms with E-state index in [1.165, 1.54) is 12.6 Å². The van der Waals surface area contributed by atoms with Crippen molar-refractivity contribution in [3.05, 3.63) is 11.6 Å². The lowest BCUT2D eigenvalue weighted by molar-refractivity contribution is -0.134. The zero-order valence-corrected chi connectivity index (χ0v) is 15.6. The van der Waals surface area contributed by atoms with Crippen LogP contribution in [-0.4, -0.2) is 54.1 Å². The molecule has 0 aromatic carbocycles. The number of aliphatic imine (C=N–C) groups is 3. The zero-order valence-electron chi connectivity index (χ0n) is 15.6. The number of fused-ring (bicyclic) bond motifs is 1. The van der Waals surface area contributed by atoms with Crippen molar-refractivity contribution in [1.29, 1.82) is 0 Å². The van der Waals surface area contributed by atoms with Gasteiger partial charge in [0.15, 0.2) is 0 Å². The van der Waals surface area contributed by atoms with Gasteiger partial charge in [-0.15, -0.1) is 0 Å². The summed E-state index contributed by atoms with van der Waals surface area (Å²) < 4.78 is 0. The van der Waals surface area contributed by atoms with Crippen LogP contribution in [0.25, 0.3) is 0 Å². The first-order valence-corrected chi connectivity index (χ1v) is 8.75. The SMILES string of the molecule is CN(C(=O)C1C=C2C(=O)N=CN=C2C=N1)C1CC(C)(C)CC(C)(C)C1.